The first kappa shape index (κ1) is 17.2. The van der Waals surface area contributed by atoms with E-state index in [-0.39, 0.29) is 22.8 Å². The van der Waals surface area contributed by atoms with E-state index in [1.165, 1.54) is 6.42 Å². The summed E-state index contributed by atoms with van der Waals surface area (Å²) in [6, 6.07) is 5.74. The quantitative estimate of drug-likeness (QED) is 0.654. The molecule has 24 heavy (non-hydrogen) atoms. The number of nitro groups is 1. The van der Waals surface area contributed by atoms with E-state index in [0.29, 0.717) is 11.7 Å². The van der Waals surface area contributed by atoms with E-state index >= 15 is 0 Å². The number of aryl methyl sites for hydroxylation is 1. The van der Waals surface area contributed by atoms with Crippen molar-refractivity contribution in [3.63, 3.8) is 0 Å². The maximum absolute atomic E-state index is 11.2. The van der Waals surface area contributed by atoms with Crippen LogP contribution in [0.25, 0.3) is 0 Å². The Labute approximate surface area is 143 Å². The highest BCUT2D eigenvalue weighted by Gasteiger charge is 2.32. The number of aliphatic hydroxyl groups excluding tert-OH is 1. The van der Waals surface area contributed by atoms with Gasteiger partial charge in [-0.15, -0.1) is 0 Å². The summed E-state index contributed by atoms with van der Waals surface area (Å²) >= 11 is 0. The van der Waals surface area contributed by atoms with Gasteiger partial charge in [-0.2, -0.15) is 0 Å². The Kier molecular flexibility index (Phi) is 5.36. The molecule has 3 rings (SSSR count). The van der Waals surface area contributed by atoms with Gasteiger partial charge >= 0.3 is 0 Å². The number of anilines is 1. The Morgan fingerprint density at radius 1 is 1.21 bits per heavy atom. The Bertz CT molecular complexity index is 585. The Hall–Kier alpha value is -1.66. The van der Waals surface area contributed by atoms with Crippen LogP contribution in [0.2, 0.25) is 0 Å². The third-order valence-electron chi connectivity index (χ3n) is 5.49. The topological polar surface area (TPSA) is 78.6 Å². The van der Waals surface area contributed by atoms with E-state index in [1.54, 1.807) is 12.1 Å². The summed E-state index contributed by atoms with van der Waals surface area (Å²) in [6.45, 7) is 3.79. The highest BCUT2D eigenvalue weighted by molar-refractivity contribution is 5.66. The number of nitro benzene ring substituents is 1. The number of piperidine rings is 1. The normalized spacial score (nSPS) is 26.2. The molecule has 1 aromatic rings. The maximum atomic E-state index is 11.2. The fourth-order valence-electron chi connectivity index (χ4n) is 4.09. The standard InChI is InChI=1S/C18H27N3O3/c1-13-5-4-7-16(21(23)24)18(13)19-14-9-11-20(12-10-14)15-6-2-3-8-17(15)22/h4-5,7,14-15,17,19,22H,2-3,6,8-12H2,1H3. The van der Waals surface area contributed by atoms with Crippen molar-refractivity contribution in [2.24, 2.45) is 0 Å². The molecule has 6 heteroatoms. The molecule has 1 saturated carbocycles. The van der Waals surface area contributed by atoms with Gasteiger partial charge in [0.1, 0.15) is 5.69 Å². The summed E-state index contributed by atoms with van der Waals surface area (Å²) in [6.07, 6.45) is 6.05. The molecule has 1 aliphatic heterocycles. The zero-order chi connectivity index (χ0) is 17.1. The number of nitrogens with one attached hydrogen (secondary N) is 1. The predicted molar refractivity (Wildman–Crippen MR) is 94.3 cm³/mol. The maximum Gasteiger partial charge on any atom is 0.292 e. The van der Waals surface area contributed by atoms with Crippen LogP contribution in [0.4, 0.5) is 11.4 Å². The minimum Gasteiger partial charge on any atom is -0.391 e. The predicted octanol–water partition coefficient (Wildman–Crippen LogP) is 3.08. The fraction of sp³-hybridized carbons (Fsp3) is 0.667. The molecule has 132 valence electrons. The highest BCUT2D eigenvalue weighted by Crippen LogP contribution is 2.31. The van der Waals surface area contributed by atoms with E-state index in [2.05, 4.69) is 10.2 Å². The van der Waals surface area contributed by atoms with Crippen LogP contribution in [0, 0.1) is 17.0 Å². The Morgan fingerprint density at radius 2 is 1.92 bits per heavy atom. The third kappa shape index (κ3) is 3.70. The second-order valence-electron chi connectivity index (χ2n) is 7.10. The van der Waals surface area contributed by atoms with Crippen LogP contribution in [0.15, 0.2) is 18.2 Å². The number of rotatable bonds is 4. The zero-order valence-electron chi connectivity index (χ0n) is 14.3. The first-order valence-electron chi connectivity index (χ1n) is 8.99. The number of nitrogens with zero attached hydrogens (tertiary/aromatic N) is 2. The highest BCUT2D eigenvalue weighted by atomic mass is 16.6. The number of likely N-dealkylation sites (tertiary alicyclic amines) is 1. The average Bonchev–Trinajstić information content (AvgIpc) is 2.58. The number of hydrogen-bond donors (Lipinski definition) is 2. The van der Waals surface area contributed by atoms with Gasteiger partial charge in [-0.05, 0) is 38.2 Å². The third-order valence-corrected chi connectivity index (χ3v) is 5.49. The van der Waals surface area contributed by atoms with Crippen LogP contribution in [-0.4, -0.2) is 46.2 Å². The summed E-state index contributed by atoms with van der Waals surface area (Å²) in [5, 5.41) is 24.9. The molecule has 0 radical (unpaired) electrons. The molecule has 6 nitrogen and oxygen atoms in total. The molecule has 0 bridgehead atoms. The molecule has 1 aliphatic carbocycles. The monoisotopic (exact) mass is 333 g/mol. The van der Waals surface area contributed by atoms with Crippen molar-refractivity contribution in [1.29, 1.82) is 0 Å². The summed E-state index contributed by atoms with van der Waals surface area (Å²) < 4.78 is 0. The van der Waals surface area contributed by atoms with Gasteiger partial charge in [-0.3, -0.25) is 15.0 Å². The minimum atomic E-state index is -0.317. The molecule has 0 spiro atoms. The van der Waals surface area contributed by atoms with E-state index in [0.717, 1.165) is 50.8 Å². The van der Waals surface area contributed by atoms with Gasteiger partial charge in [0.05, 0.1) is 11.0 Å². The van der Waals surface area contributed by atoms with Crippen molar-refractivity contribution in [1.82, 2.24) is 4.90 Å². The van der Waals surface area contributed by atoms with E-state index < -0.39 is 0 Å². The Morgan fingerprint density at radius 3 is 2.58 bits per heavy atom. The first-order valence-corrected chi connectivity index (χ1v) is 8.99. The van der Waals surface area contributed by atoms with Gasteiger partial charge in [0.15, 0.2) is 0 Å². The molecule has 0 amide bonds. The average molecular weight is 333 g/mol. The van der Waals surface area contributed by atoms with Crippen LogP contribution in [0.3, 0.4) is 0 Å². The second kappa shape index (κ2) is 7.49. The molecule has 1 heterocycles. The van der Waals surface area contributed by atoms with Crippen molar-refractivity contribution < 1.29 is 10.0 Å². The summed E-state index contributed by atoms with van der Waals surface area (Å²) in [5.41, 5.74) is 1.72. The number of hydrogen-bond acceptors (Lipinski definition) is 5. The van der Waals surface area contributed by atoms with Crippen molar-refractivity contribution in [2.45, 2.75) is 63.6 Å². The van der Waals surface area contributed by atoms with E-state index in [4.69, 9.17) is 0 Å². The van der Waals surface area contributed by atoms with Crippen LogP contribution in [0.1, 0.15) is 44.1 Å². The van der Waals surface area contributed by atoms with Gasteiger partial charge in [0, 0.05) is 31.2 Å². The minimum absolute atomic E-state index is 0.153. The fourth-order valence-corrected chi connectivity index (χ4v) is 4.09. The van der Waals surface area contributed by atoms with Crippen molar-refractivity contribution in [3.05, 3.63) is 33.9 Å². The summed E-state index contributed by atoms with van der Waals surface area (Å²) in [7, 11) is 0. The smallest absolute Gasteiger partial charge is 0.292 e. The molecule has 0 aromatic heterocycles. The lowest BCUT2D eigenvalue weighted by Gasteiger charge is -2.41. The van der Waals surface area contributed by atoms with Gasteiger partial charge in [-0.25, -0.2) is 0 Å². The molecule has 1 aromatic carbocycles. The SMILES string of the molecule is Cc1cccc([N+](=O)[O-])c1NC1CCN(C2CCCCC2O)CC1. The lowest BCUT2D eigenvalue weighted by molar-refractivity contribution is -0.384. The molecule has 2 N–H and O–H groups in total. The molecule has 2 fully saturated rings. The van der Waals surface area contributed by atoms with Gasteiger partial charge < -0.3 is 10.4 Å². The van der Waals surface area contributed by atoms with Crippen molar-refractivity contribution in [2.75, 3.05) is 18.4 Å². The van der Waals surface area contributed by atoms with E-state index in [9.17, 15) is 15.2 Å². The lowest BCUT2D eigenvalue weighted by atomic mass is 9.89. The number of benzene rings is 1. The van der Waals surface area contributed by atoms with Crippen molar-refractivity contribution >= 4 is 11.4 Å². The van der Waals surface area contributed by atoms with Gasteiger partial charge in [0.2, 0.25) is 0 Å². The first-order chi connectivity index (χ1) is 11.6. The number of aliphatic hydroxyl groups is 1. The Balaban J connectivity index is 1.61. The van der Waals surface area contributed by atoms with Crippen LogP contribution >= 0.6 is 0 Å². The van der Waals surface area contributed by atoms with E-state index in [1.807, 2.05) is 13.0 Å². The molecule has 2 atom stereocenters. The van der Waals surface area contributed by atoms with Crippen LogP contribution < -0.4 is 5.32 Å². The largest absolute Gasteiger partial charge is 0.391 e. The molecular weight excluding hydrogens is 306 g/mol. The molecule has 2 aliphatic rings. The molecule has 2 unspecified atom stereocenters. The van der Waals surface area contributed by atoms with Gasteiger partial charge in [0.25, 0.3) is 5.69 Å². The van der Waals surface area contributed by atoms with Crippen LogP contribution in [0.5, 0.6) is 0 Å². The van der Waals surface area contributed by atoms with Gasteiger partial charge in [-0.1, -0.05) is 25.0 Å². The summed E-state index contributed by atoms with van der Waals surface area (Å²) in [4.78, 5) is 13.3. The second-order valence-corrected chi connectivity index (χ2v) is 7.10. The lowest BCUT2D eigenvalue weighted by Crippen LogP contribution is -2.50. The van der Waals surface area contributed by atoms with Crippen molar-refractivity contribution in [3.8, 4) is 0 Å². The molecular formula is C18H27N3O3. The summed E-state index contributed by atoms with van der Waals surface area (Å²) in [5.74, 6) is 0. The zero-order valence-corrected chi connectivity index (χ0v) is 14.3. The molecule has 1 saturated heterocycles. The van der Waals surface area contributed by atoms with Crippen LogP contribution in [-0.2, 0) is 0 Å². The number of para-hydroxylation sites is 1.